The fourth-order valence-electron chi connectivity index (χ4n) is 3.73. The Labute approximate surface area is 125 Å². The molecule has 3 unspecified atom stereocenters. The molecule has 112 valence electrons. The fourth-order valence-corrected chi connectivity index (χ4v) is 3.73. The van der Waals surface area contributed by atoms with Crippen molar-refractivity contribution in [3.8, 4) is 0 Å². The molecule has 0 bridgehead atoms. The van der Waals surface area contributed by atoms with Crippen molar-refractivity contribution in [1.82, 2.24) is 5.32 Å². The summed E-state index contributed by atoms with van der Waals surface area (Å²) >= 11 is 0. The molecule has 1 saturated carbocycles. The highest BCUT2D eigenvalue weighted by Crippen LogP contribution is 2.33. The average Bonchev–Trinajstić information content (AvgIpc) is 2.45. The van der Waals surface area contributed by atoms with Crippen molar-refractivity contribution in [2.75, 3.05) is 0 Å². The van der Waals surface area contributed by atoms with E-state index >= 15 is 0 Å². The van der Waals surface area contributed by atoms with Crippen molar-refractivity contribution in [3.63, 3.8) is 0 Å². The van der Waals surface area contributed by atoms with E-state index in [0.717, 1.165) is 11.8 Å². The fraction of sp³-hybridized carbons (Fsp3) is 0.684. The van der Waals surface area contributed by atoms with Crippen LogP contribution in [-0.4, -0.2) is 6.04 Å². The largest absolute Gasteiger partial charge is 0.307 e. The molecule has 1 aromatic carbocycles. The monoisotopic (exact) mass is 273 g/mol. The van der Waals surface area contributed by atoms with Crippen LogP contribution in [-0.2, 0) is 0 Å². The van der Waals surface area contributed by atoms with Crippen molar-refractivity contribution < 1.29 is 0 Å². The zero-order chi connectivity index (χ0) is 14.5. The van der Waals surface area contributed by atoms with E-state index in [-0.39, 0.29) is 0 Å². The van der Waals surface area contributed by atoms with Crippen LogP contribution in [0.1, 0.15) is 65.0 Å². The van der Waals surface area contributed by atoms with E-state index in [1.54, 1.807) is 0 Å². The SMILES string of the molecule is CC(C)C(NC1CCCCC1C(C)C)c1ccccc1. The summed E-state index contributed by atoms with van der Waals surface area (Å²) in [6, 6.07) is 12.1. The molecule has 0 saturated heterocycles. The van der Waals surface area contributed by atoms with Gasteiger partial charge in [0.25, 0.3) is 0 Å². The quantitative estimate of drug-likeness (QED) is 0.778. The second-order valence-corrected chi connectivity index (χ2v) is 7.10. The molecule has 1 heteroatoms. The maximum Gasteiger partial charge on any atom is 0.0345 e. The van der Waals surface area contributed by atoms with Gasteiger partial charge >= 0.3 is 0 Å². The summed E-state index contributed by atoms with van der Waals surface area (Å²) in [5.74, 6) is 2.26. The molecule has 2 rings (SSSR count). The molecule has 0 aromatic heterocycles. The lowest BCUT2D eigenvalue weighted by molar-refractivity contribution is 0.180. The van der Waals surface area contributed by atoms with Crippen LogP contribution in [0.5, 0.6) is 0 Å². The van der Waals surface area contributed by atoms with Crippen LogP contribution >= 0.6 is 0 Å². The second kappa shape index (κ2) is 7.26. The number of nitrogens with one attached hydrogen (secondary N) is 1. The molecule has 1 N–H and O–H groups in total. The van der Waals surface area contributed by atoms with Gasteiger partial charge in [-0.1, -0.05) is 70.9 Å². The van der Waals surface area contributed by atoms with E-state index in [2.05, 4.69) is 63.3 Å². The van der Waals surface area contributed by atoms with Gasteiger partial charge in [-0.15, -0.1) is 0 Å². The van der Waals surface area contributed by atoms with Crippen LogP contribution in [0.15, 0.2) is 30.3 Å². The Morgan fingerprint density at radius 2 is 1.60 bits per heavy atom. The lowest BCUT2D eigenvalue weighted by Gasteiger charge is -2.38. The van der Waals surface area contributed by atoms with E-state index in [1.807, 2.05) is 0 Å². The van der Waals surface area contributed by atoms with Gasteiger partial charge in [0.1, 0.15) is 0 Å². The van der Waals surface area contributed by atoms with Crippen LogP contribution in [0.4, 0.5) is 0 Å². The number of hydrogen-bond donors (Lipinski definition) is 1. The van der Waals surface area contributed by atoms with E-state index in [1.165, 1.54) is 31.2 Å². The van der Waals surface area contributed by atoms with Crippen molar-refractivity contribution >= 4 is 0 Å². The average molecular weight is 273 g/mol. The third-order valence-corrected chi connectivity index (χ3v) is 4.89. The van der Waals surface area contributed by atoms with Crippen molar-refractivity contribution in [2.24, 2.45) is 17.8 Å². The zero-order valence-corrected chi connectivity index (χ0v) is 13.6. The van der Waals surface area contributed by atoms with Crippen molar-refractivity contribution in [2.45, 2.75) is 65.5 Å². The predicted molar refractivity (Wildman–Crippen MR) is 87.7 cm³/mol. The van der Waals surface area contributed by atoms with Crippen molar-refractivity contribution in [1.29, 1.82) is 0 Å². The van der Waals surface area contributed by atoms with Gasteiger partial charge < -0.3 is 5.32 Å². The number of benzene rings is 1. The second-order valence-electron chi connectivity index (χ2n) is 7.10. The molecule has 1 fully saturated rings. The molecule has 0 radical (unpaired) electrons. The predicted octanol–water partition coefficient (Wildman–Crippen LogP) is 5.19. The minimum absolute atomic E-state index is 0.487. The Hall–Kier alpha value is -0.820. The third-order valence-electron chi connectivity index (χ3n) is 4.89. The van der Waals surface area contributed by atoms with Gasteiger partial charge in [0, 0.05) is 12.1 Å². The number of rotatable bonds is 5. The van der Waals surface area contributed by atoms with E-state index in [0.29, 0.717) is 18.0 Å². The molecular formula is C19H31N. The Balaban J connectivity index is 2.11. The molecule has 3 atom stereocenters. The minimum Gasteiger partial charge on any atom is -0.307 e. The van der Waals surface area contributed by atoms with Gasteiger partial charge in [0.15, 0.2) is 0 Å². The molecule has 20 heavy (non-hydrogen) atoms. The van der Waals surface area contributed by atoms with Gasteiger partial charge in [-0.05, 0) is 36.2 Å². The van der Waals surface area contributed by atoms with Crippen LogP contribution in [0.25, 0.3) is 0 Å². The standard InChI is InChI=1S/C19H31N/c1-14(2)17-12-8-9-13-18(17)20-19(15(3)4)16-10-6-5-7-11-16/h5-7,10-11,14-15,17-20H,8-9,12-13H2,1-4H3. The molecule has 1 nitrogen and oxygen atoms in total. The first-order valence-corrected chi connectivity index (χ1v) is 8.40. The zero-order valence-electron chi connectivity index (χ0n) is 13.6. The first kappa shape index (κ1) is 15.6. The highest BCUT2D eigenvalue weighted by Gasteiger charge is 2.30. The summed E-state index contributed by atoms with van der Waals surface area (Å²) < 4.78 is 0. The van der Waals surface area contributed by atoms with Gasteiger partial charge in [-0.25, -0.2) is 0 Å². The van der Waals surface area contributed by atoms with E-state index in [4.69, 9.17) is 0 Å². The normalized spacial score (nSPS) is 25.1. The maximum atomic E-state index is 4.00. The molecule has 0 spiro atoms. The van der Waals surface area contributed by atoms with Crippen LogP contribution < -0.4 is 5.32 Å². The summed E-state index contributed by atoms with van der Waals surface area (Å²) in [5.41, 5.74) is 1.44. The Morgan fingerprint density at radius 1 is 0.950 bits per heavy atom. The van der Waals surface area contributed by atoms with Crippen molar-refractivity contribution in [3.05, 3.63) is 35.9 Å². The summed E-state index contributed by atoms with van der Waals surface area (Å²) in [6.07, 6.45) is 5.55. The Bertz CT molecular complexity index is 382. The van der Waals surface area contributed by atoms with E-state index < -0.39 is 0 Å². The Morgan fingerprint density at radius 3 is 2.20 bits per heavy atom. The van der Waals surface area contributed by atoms with Gasteiger partial charge in [-0.3, -0.25) is 0 Å². The van der Waals surface area contributed by atoms with Gasteiger partial charge in [0.2, 0.25) is 0 Å². The number of hydrogen-bond acceptors (Lipinski definition) is 1. The van der Waals surface area contributed by atoms with Crippen LogP contribution in [0.3, 0.4) is 0 Å². The summed E-state index contributed by atoms with van der Waals surface area (Å²) in [7, 11) is 0. The highest BCUT2D eigenvalue weighted by atomic mass is 15.0. The lowest BCUT2D eigenvalue weighted by Crippen LogP contribution is -2.44. The molecule has 0 aliphatic heterocycles. The highest BCUT2D eigenvalue weighted by molar-refractivity contribution is 5.19. The van der Waals surface area contributed by atoms with E-state index in [9.17, 15) is 0 Å². The Kier molecular flexibility index (Phi) is 5.65. The van der Waals surface area contributed by atoms with Crippen LogP contribution in [0.2, 0.25) is 0 Å². The molecule has 0 amide bonds. The maximum absolute atomic E-state index is 4.00. The molecule has 1 aromatic rings. The molecule has 1 aliphatic rings. The third kappa shape index (κ3) is 3.85. The summed E-state index contributed by atoms with van der Waals surface area (Å²) in [4.78, 5) is 0. The first-order valence-electron chi connectivity index (χ1n) is 8.40. The lowest BCUT2D eigenvalue weighted by atomic mass is 9.77. The minimum atomic E-state index is 0.487. The summed E-state index contributed by atoms with van der Waals surface area (Å²) in [5, 5.41) is 4.00. The molecule has 1 aliphatic carbocycles. The molecular weight excluding hydrogens is 242 g/mol. The summed E-state index contributed by atoms with van der Waals surface area (Å²) in [6.45, 7) is 9.44. The van der Waals surface area contributed by atoms with Crippen LogP contribution in [0, 0.1) is 17.8 Å². The van der Waals surface area contributed by atoms with Gasteiger partial charge in [0.05, 0.1) is 0 Å². The topological polar surface area (TPSA) is 12.0 Å². The smallest absolute Gasteiger partial charge is 0.0345 e. The van der Waals surface area contributed by atoms with Gasteiger partial charge in [-0.2, -0.15) is 0 Å². The first-order chi connectivity index (χ1) is 9.59. The molecule has 0 heterocycles.